The summed E-state index contributed by atoms with van der Waals surface area (Å²) in [7, 11) is -1.58. The minimum atomic E-state index is -1.58. The highest BCUT2D eigenvalue weighted by atomic mass is 28.4. The molecule has 0 bridgehead atoms. The van der Waals surface area contributed by atoms with Crippen LogP contribution < -0.4 is 5.32 Å². The predicted octanol–water partition coefficient (Wildman–Crippen LogP) is 5.07. The zero-order valence-corrected chi connectivity index (χ0v) is 15.0. The van der Waals surface area contributed by atoms with Crippen molar-refractivity contribution in [1.29, 1.82) is 0 Å². The van der Waals surface area contributed by atoms with Crippen LogP contribution in [0, 0.1) is 0 Å². The van der Waals surface area contributed by atoms with Crippen LogP contribution in [0.3, 0.4) is 0 Å². The molecule has 0 amide bonds. The maximum Gasteiger partial charge on any atom is 0.191 e. The molecule has 114 valence electrons. The van der Waals surface area contributed by atoms with E-state index in [4.69, 9.17) is 4.43 Å². The van der Waals surface area contributed by atoms with E-state index < -0.39 is 8.32 Å². The van der Waals surface area contributed by atoms with Gasteiger partial charge in [-0.25, -0.2) is 0 Å². The Bertz CT molecular complexity index is 410. The molecule has 0 aromatic heterocycles. The Hall–Kier alpha value is -0.803. The van der Waals surface area contributed by atoms with E-state index in [0.29, 0.717) is 5.04 Å². The molecule has 20 heavy (non-hydrogen) atoms. The van der Waals surface area contributed by atoms with Crippen molar-refractivity contribution in [1.82, 2.24) is 0 Å². The van der Waals surface area contributed by atoms with E-state index in [1.54, 1.807) is 0 Å². The van der Waals surface area contributed by atoms with Crippen LogP contribution in [0.4, 0.5) is 5.69 Å². The van der Waals surface area contributed by atoms with Gasteiger partial charge in [0.1, 0.15) is 0 Å². The molecule has 0 saturated heterocycles. The van der Waals surface area contributed by atoms with E-state index in [1.165, 1.54) is 11.3 Å². The van der Waals surface area contributed by atoms with Crippen LogP contribution >= 0.6 is 0 Å². The van der Waals surface area contributed by atoms with Gasteiger partial charge < -0.3 is 9.74 Å². The second-order valence-electron chi connectivity index (χ2n) is 6.94. The monoisotopic (exact) mass is 293 g/mol. The maximum absolute atomic E-state index is 6.22. The van der Waals surface area contributed by atoms with Crippen molar-refractivity contribution < 1.29 is 4.43 Å². The first-order valence-electron chi connectivity index (χ1n) is 7.73. The zero-order valence-electron chi connectivity index (χ0n) is 14.0. The number of aryl methyl sites for hydroxylation is 1. The Morgan fingerprint density at radius 1 is 1.20 bits per heavy atom. The van der Waals surface area contributed by atoms with Crippen LogP contribution in [0.1, 0.15) is 39.7 Å². The Labute approximate surface area is 126 Å². The number of anilines is 1. The van der Waals surface area contributed by atoms with Gasteiger partial charge in [0, 0.05) is 18.8 Å². The van der Waals surface area contributed by atoms with Crippen molar-refractivity contribution in [2.45, 2.75) is 58.7 Å². The van der Waals surface area contributed by atoms with Gasteiger partial charge in [-0.3, -0.25) is 0 Å². The summed E-state index contributed by atoms with van der Waals surface area (Å²) in [5.74, 6) is 0. The van der Waals surface area contributed by atoms with Crippen LogP contribution in [-0.4, -0.2) is 21.5 Å². The molecule has 0 atom stereocenters. The van der Waals surface area contributed by atoms with E-state index in [2.05, 4.69) is 70.4 Å². The average Bonchev–Trinajstić information content (AvgIpc) is 2.34. The van der Waals surface area contributed by atoms with E-state index in [0.717, 1.165) is 26.0 Å². The van der Waals surface area contributed by atoms with Crippen LogP contribution in [-0.2, 0) is 10.8 Å². The lowest BCUT2D eigenvalue weighted by Gasteiger charge is -2.36. The molecule has 1 aromatic rings. The van der Waals surface area contributed by atoms with Gasteiger partial charge in [-0.05, 0) is 55.6 Å². The molecular formula is C17H31NOSi. The molecular weight excluding hydrogens is 262 g/mol. The second kappa shape index (κ2) is 7.28. The SMILES string of the molecule is CCNc1cccc(CCCO[Si](C)(C)C(C)(C)C)c1. The van der Waals surface area contributed by atoms with Crippen molar-refractivity contribution >= 4 is 14.0 Å². The first kappa shape index (κ1) is 17.2. The van der Waals surface area contributed by atoms with Crippen LogP contribution in [0.25, 0.3) is 0 Å². The second-order valence-corrected chi connectivity index (χ2v) is 11.8. The fraction of sp³-hybridized carbons (Fsp3) is 0.647. The van der Waals surface area contributed by atoms with Gasteiger partial charge in [0.25, 0.3) is 0 Å². The quantitative estimate of drug-likeness (QED) is 0.559. The van der Waals surface area contributed by atoms with Gasteiger partial charge in [0.05, 0.1) is 0 Å². The summed E-state index contributed by atoms with van der Waals surface area (Å²) >= 11 is 0. The minimum Gasteiger partial charge on any atom is -0.417 e. The molecule has 0 radical (unpaired) electrons. The van der Waals surface area contributed by atoms with Crippen molar-refractivity contribution in [2.75, 3.05) is 18.5 Å². The Morgan fingerprint density at radius 3 is 2.50 bits per heavy atom. The molecule has 0 fully saturated rings. The Morgan fingerprint density at radius 2 is 1.90 bits per heavy atom. The first-order chi connectivity index (χ1) is 9.26. The molecule has 0 heterocycles. The number of nitrogens with one attached hydrogen (secondary N) is 1. The molecule has 0 aliphatic heterocycles. The molecule has 2 nitrogen and oxygen atoms in total. The highest BCUT2D eigenvalue weighted by Gasteiger charge is 2.36. The lowest BCUT2D eigenvalue weighted by molar-refractivity contribution is 0.282. The third-order valence-corrected chi connectivity index (χ3v) is 8.72. The van der Waals surface area contributed by atoms with E-state index in [9.17, 15) is 0 Å². The number of rotatable bonds is 7. The van der Waals surface area contributed by atoms with Crippen molar-refractivity contribution in [3.05, 3.63) is 29.8 Å². The lowest BCUT2D eigenvalue weighted by atomic mass is 10.1. The third-order valence-electron chi connectivity index (χ3n) is 4.19. The molecule has 0 saturated carbocycles. The van der Waals surface area contributed by atoms with Crippen molar-refractivity contribution in [2.24, 2.45) is 0 Å². The molecule has 0 spiro atoms. The molecule has 1 rings (SSSR count). The topological polar surface area (TPSA) is 21.3 Å². The minimum absolute atomic E-state index is 0.304. The van der Waals surface area contributed by atoms with Gasteiger partial charge in [0.15, 0.2) is 8.32 Å². The standard InChI is InChI=1S/C17H31NOSi/c1-7-18-16-12-8-10-15(14-16)11-9-13-19-20(5,6)17(2,3)4/h8,10,12,14,18H,7,9,11,13H2,1-6H3. The molecule has 1 aromatic carbocycles. The van der Waals surface area contributed by atoms with Gasteiger partial charge in [-0.15, -0.1) is 0 Å². The highest BCUT2D eigenvalue weighted by Crippen LogP contribution is 2.36. The maximum atomic E-state index is 6.22. The molecule has 0 unspecified atom stereocenters. The van der Waals surface area contributed by atoms with E-state index in [1.807, 2.05) is 0 Å². The molecule has 3 heteroatoms. The summed E-state index contributed by atoms with van der Waals surface area (Å²) in [6, 6.07) is 8.70. The number of benzene rings is 1. The largest absolute Gasteiger partial charge is 0.417 e. The fourth-order valence-corrected chi connectivity index (χ4v) is 2.95. The summed E-state index contributed by atoms with van der Waals surface area (Å²) < 4.78 is 6.22. The zero-order chi connectivity index (χ0) is 15.2. The smallest absolute Gasteiger partial charge is 0.191 e. The fourth-order valence-electron chi connectivity index (χ4n) is 1.86. The van der Waals surface area contributed by atoms with Gasteiger partial charge in [-0.2, -0.15) is 0 Å². The normalized spacial score (nSPS) is 12.5. The lowest BCUT2D eigenvalue weighted by Crippen LogP contribution is -2.41. The highest BCUT2D eigenvalue weighted by molar-refractivity contribution is 6.74. The number of hydrogen-bond donors (Lipinski definition) is 1. The first-order valence-corrected chi connectivity index (χ1v) is 10.6. The summed E-state index contributed by atoms with van der Waals surface area (Å²) in [6.07, 6.45) is 2.19. The average molecular weight is 294 g/mol. The van der Waals surface area contributed by atoms with Crippen LogP contribution in [0.15, 0.2) is 24.3 Å². The summed E-state index contributed by atoms with van der Waals surface area (Å²) in [6.45, 7) is 15.5. The summed E-state index contributed by atoms with van der Waals surface area (Å²) in [5.41, 5.74) is 2.61. The number of hydrogen-bond acceptors (Lipinski definition) is 2. The van der Waals surface area contributed by atoms with Crippen molar-refractivity contribution in [3.8, 4) is 0 Å². The van der Waals surface area contributed by atoms with E-state index >= 15 is 0 Å². The Balaban J connectivity index is 2.40. The van der Waals surface area contributed by atoms with Gasteiger partial charge >= 0.3 is 0 Å². The predicted molar refractivity (Wildman–Crippen MR) is 92.1 cm³/mol. The van der Waals surface area contributed by atoms with Crippen LogP contribution in [0.2, 0.25) is 18.1 Å². The summed E-state index contributed by atoms with van der Waals surface area (Å²) in [5, 5.41) is 3.66. The van der Waals surface area contributed by atoms with E-state index in [-0.39, 0.29) is 0 Å². The molecule has 0 aliphatic carbocycles. The van der Waals surface area contributed by atoms with Crippen molar-refractivity contribution in [3.63, 3.8) is 0 Å². The van der Waals surface area contributed by atoms with Gasteiger partial charge in [0.2, 0.25) is 0 Å². The molecule has 1 N–H and O–H groups in total. The third kappa shape index (κ3) is 5.29. The summed E-state index contributed by atoms with van der Waals surface area (Å²) in [4.78, 5) is 0. The van der Waals surface area contributed by atoms with Crippen LogP contribution in [0.5, 0.6) is 0 Å². The van der Waals surface area contributed by atoms with Gasteiger partial charge in [-0.1, -0.05) is 32.9 Å². The molecule has 0 aliphatic rings. The Kier molecular flexibility index (Phi) is 6.27.